The maximum absolute atomic E-state index is 5.26. The number of hydrogen-bond donors (Lipinski definition) is 1. The van der Waals surface area contributed by atoms with Crippen LogP contribution in [-0.2, 0) is 19.3 Å². The number of nitrogens with one attached hydrogen (secondary N) is 1. The number of furan rings is 1. The molecule has 0 spiro atoms. The van der Waals surface area contributed by atoms with Crippen molar-refractivity contribution >= 4 is 33.6 Å². The van der Waals surface area contributed by atoms with E-state index < -0.39 is 0 Å². The van der Waals surface area contributed by atoms with E-state index in [1.165, 1.54) is 23.3 Å². The number of hydrazone groups is 1. The van der Waals surface area contributed by atoms with Gasteiger partial charge in [0.25, 0.3) is 0 Å². The van der Waals surface area contributed by atoms with Gasteiger partial charge in [0.05, 0.1) is 17.9 Å². The molecule has 0 unspecified atom stereocenters. The van der Waals surface area contributed by atoms with Crippen LogP contribution in [0, 0.1) is 0 Å². The molecule has 3 aromatic rings. The van der Waals surface area contributed by atoms with E-state index in [-0.39, 0.29) is 0 Å². The van der Waals surface area contributed by atoms with Gasteiger partial charge in [0.1, 0.15) is 16.4 Å². The highest BCUT2D eigenvalue weighted by Crippen LogP contribution is 2.38. The molecule has 1 aliphatic rings. The molecule has 0 bridgehead atoms. The maximum atomic E-state index is 5.26. The van der Waals surface area contributed by atoms with Gasteiger partial charge < -0.3 is 4.42 Å². The molecule has 0 amide bonds. The number of aryl methyl sites for hydroxylation is 3. The summed E-state index contributed by atoms with van der Waals surface area (Å²) in [5.74, 6) is 2.38. The van der Waals surface area contributed by atoms with Crippen LogP contribution in [0.25, 0.3) is 10.2 Å². The third-order valence-corrected chi connectivity index (χ3v) is 5.27. The molecule has 0 fully saturated rings. The van der Waals surface area contributed by atoms with E-state index in [0.29, 0.717) is 5.76 Å². The molecule has 1 aliphatic carbocycles. The molecule has 0 aromatic carbocycles. The number of fused-ring (bicyclic) bond motifs is 3. The normalized spacial score (nSPS) is 14.5. The maximum Gasteiger partial charge on any atom is 0.159 e. The summed E-state index contributed by atoms with van der Waals surface area (Å²) in [6.07, 6.45) is 8.90. The van der Waals surface area contributed by atoms with E-state index in [1.807, 2.05) is 23.5 Å². The van der Waals surface area contributed by atoms with Gasteiger partial charge in [0.2, 0.25) is 0 Å². The Kier molecular flexibility index (Phi) is 3.83. The second-order valence-electron chi connectivity index (χ2n) is 5.62. The lowest BCUT2D eigenvalue weighted by Gasteiger charge is -2.11. The van der Waals surface area contributed by atoms with E-state index in [9.17, 15) is 0 Å². The molecular weight excluding hydrogens is 308 g/mol. The van der Waals surface area contributed by atoms with Gasteiger partial charge in [-0.1, -0.05) is 6.92 Å². The summed E-state index contributed by atoms with van der Waals surface area (Å²) in [5, 5.41) is 5.44. The van der Waals surface area contributed by atoms with Crippen molar-refractivity contribution in [2.24, 2.45) is 5.10 Å². The van der Waals surface area contributed by atoms with Gasteiger partial charge in [-0.15, -0.1) is 11.3 Å². The number of anilines is 1. The van der Waals surface area contributed by atoms with Gasteiger partial charge in [-0.25, -0.2) is 9.97 Å². The first-order valence-corrected chi connectivity index (χ1v) is 8.80. The summed E-state index contributed by atoms with van der Waals surface area (Å²) < 4.78 is 5.26. The number of rotatable bonds is 4. The standard InChI is InChI=1S/C17H18N4OS/c1-2-14-19-16(21-18-10-11-6-5-9-22-11)15-12-7-3-4-8-13(12)23-17(15)20-14/h5-6,9-10H,2-4,7-8H2,1H3,(H,19,20,21). The van der Waals surface area contributed by atoms with Crippen LogP contribution in [0.15, 0.2) is 27.9 Å². The molecule has 23 heavy (non-hydrogen) atoms. The molecule has 0 saturated heterocycles. The van der Waals surface area contributed by atoms with Crippen molar-refractivity contribution in [1.82, 2.24) is 9.97 Å². The third kappa shape index (κ3) is 2.74. The topological polar surface area (TPSA) is 63.3 Å². The summed E-state index contributed by atoms with van der Waals surface area (Å²) in [7, 11) is 0. The van der Waals surface area contributed by atoms with Crippen molar-refractivity contribution in [3.05, 3.63) is 40.4 Å². The molecule has 4 rings (SSSR count). The van der Waals surface area contributed by atoms with Crippen LogP contribution >= 0.6 is 11.3 Å². The second-order valence-corrected chi connectivity index (χ2v) is 6.70. The van der Waals surface area contributed by atoms with Gasteiger partial charge in [0.15, 0.2) is 5.82 Å². The molecule has 1 N–H and O–H groups in total. The Morgan fingerprint density at radius 3 is 3.09 bits per heavy atom. The lowest BCUT2D eigenvalue weighted by molar-refractivity contribution is 0.560. The van der Waals surface area contributed by atoms with Gasteiger partial charge in [-0.05, 0) is 43.4 Å². The Morgan fingerprint density at radius 1 is 1.35 bits per heavy atom. The van der Waals surface area contributed by atoms with E-state index in [4.69, 9.17) is 9.40 Å². The molecule has 3 aromatic heterocycles. The minimum atomic E-state index is 0.714. The summed E-state index contributed by atoms with van der Waals surface area (Å²) >= 11 is 1.81. The van der Waals surface area contributed by atoms with Crippen LogP contribution in [0.2, 0.25) is 0 Å². The predicted molar refractivity (Wildman–Crippen MR) is 93.4 cm³/mol. The number of aromatic nitrogens is 2. The van der Waals surface area contributed by atoms with Crippen LogP contribution in [0.3, 0.4) is 0 Å². The largest absolute Gasteiger partial charge is 0.463 e. The second kappa shape index (κ2) is 6.12. The first-order chi connectivity index (χ1) is 11.3. The van der Waals surface area contributed by atoms with Crippen molar-refractivity contribution in [2.45, 2.75) is 39.0 Å². The first-order valence-electron chi connectivity index (χ1n) is 7.99. The van der Waals surface area contributed by atoms with Crippen molar-refractivity contribution < 1.29 is 4.42 Å². The van der Waals surface area contributed by atoms with Crippen molar-refractivity contribution in [3.63, 3.8) is 0 Å². The fourth-order valence-electron chi connectivity index (χ4n) is 2.96. The molecule has 0 aliphatic heterocycles. The van der Waals surface area contributed by atoms with Crippen molar-refractivity contribution in [2.75, 3.05) is 5.43 Å². The first kappa shape index (κ1) is 14.4. The highest BCUT2D eigenvalue weighted by molar-refractivity contribution is 7.19. The summed E-state index contributed by atoms with van der Waals surface area (Å²) in [6, 6.07) is 3.71. The quantitative estimate of drug-likeness (QED) is 0.577. The summed E-state index contributed by atoms with van der Waals surface area (Å²) in [6.45, 7) is 2.07. The van der Waals surface area contributed by atoms with Gasteiger partial charge in [-0.3, -0.25) is 5.43 Å². The molecule has 6 heteroatoms. The molecule has 5 nitrogen and oxygen atoms in total. The molecule has 118 valence electrons. The zero-order valence-corrected chi connectivity index (χ0v) is 13.8. The van der Waals surface area contributed by atoms with Crippen molar-refractivity contribution in [1.29, 1.82) is 0 Å². The Hall–Kier alpha value is -2.21. The Labute approximate surface area is 138 Å². The highest BCUT2D eigenvalue weighted by atomic mass is 32.1. The third-order valence-electron chi connectivity index (χ3n) is 4.08. The van der Waals surface area contributed by atoms with Crippen LogP contribution in [0.5, 0.6) is 0 Å². The lowest BCUT2D eigenvalue weighted by atomic mass is 9.97. The SMILES string of the molecule is CCc1nc(NN=Cc2ccco2)c2c3c(sc2n1)CCCC3. The number of hydrogen-bond acceptors (Lipinski definition) is 6. The predicted octanol–water partition coefficient (Wildman–Crippen LogP) is 4.17. The smallest absolute Gasteiger partial charge is 0.159 e. The number of thiophene rings is 1. The molecule has 0 saturated carbocycles. The van der Waals surface area contributed by atoms with E-state index >= 15 is 0 Å². The molecule has 3 heterocycles. The zero-order valence-electron chi connectivity index (χ0n) is 13.0. The summed E-state index contributed by atoms with van der Waals surface area (Å²) in [4.78, 5) is 11.9. The monoisotopic (exact) mass is 326 g/mol. The Morgan fingerprint density at radius 2 is 2.26 bits per heavy atom. The molecule has 0 radical (unpaired) electrons. The van der Waals surface area contributed by atoms with E-state index in [2.05, 4.69) is 22.4 Å². The molecular formula is C17H18N4OS. The fraction of sp³-hybridized carbons (Fsp3) is 0.353. The van der Waals surface area contributed by atoms with E-state index in [0.717, 1.165) is 41.1 Å². The van der Waals surface area contributed by atoms with Crippen LogP contribution in [-0.4, -0.2) is 16.2 Å². The van der Waals surface area contributed by atoms with Gasteiger partial charge >= 0.3 is 0 Å². The molecule has 0 atom stereocenters. The van der Waals surface area contributed by atoms with E-state index in [1.54, 1.807) is 12.5 Å². The van der Waals surface area contributed by atoms with Crippen LogP contribution in [0.1, 0.15) is 41.8 Å². The fourth-order valence-corrected chi connectivity index (χ4v) is 4.24. The zero-order chi connectivity index (χ0) is 15.6. The lowest BCUT2D eigenvalue weighted by Crippen LogP contribution is -2.03. The van der Waals surface area contributed by atoms with Gasteiger partial charge in [0, 0.05) is 11.3 Å². The Balaban J connectivity index is 1.75. The summed E-state index contributed by atoms with van der Waals surface area (Å²) in [5.41, 5.74) is 4.51. The van der Waals surface area contributed by atoms with Crippen molar-refractivity contribution in [3.8, 4) is 0 Å². The Bertz CT molecular complexity index is 851. The minimum Gasteiger partial charge on any atom is -0.463 e. The van der Waals surface area contributed by atoms with Gasteiger partial charge in [-0.2, -0.15) is 5.10 Å². The minimum absolute atomic E-state index is 0.714. The number of nitrogens with zero attached hydrogens (tertiary/aromatic N) is 3. The average Bonchev–Trinajstić information content (AvgIpc) is 3.21. The van der Waals surface area contributed by atoms with Crippen LogP contribution < -0.4 is 5.43 Å². The highest BCUT2D eigenvalue weighted by Gasteiger charge is 2.20. The average molecular weight is 326 g/mol. The van der Waals surface area contributed by atoms with Crippen LogP contribution in [0.4, 0.5) is 5.82 Å².